The van der Waals surface area contributed by atoms with E-state index in [1.54, 1.807) is 0 Å². The molecule has 0 saturated carbocycles. The first-order chi connectivity index (χ1) is 6.75. The van der Waals surface area contributed by atoms with Crippen LogP contribution in [0.4, 0.5) is 0 Å². The maximum Gasteiger partial charge on any atom is 0.0285 e. The van der Waals surface area contributed by atoms with Crippen LogP contribution in [0, 0.1) is 0 Å². The van der Waals surface area contributed by atoms with E-state index in [9.17, 15) is 0 Å². The zero-order chi connectivity index (χ0) is 10.4. The van der Waals surface area contributed by atoms with Crippen molar-refractivity contribution in [3.63, 3.8) is 0 Å². The summed E-state index contributed by atoms with van der Waals surface area (Å²) >= 11 is 0. The topological polar surface area (TPSA) is 15.6 Å². The predicted octanol–water partition coefficient (Wildman–Crippen LogP) is 3.10. The Balaban J connectivity index is 2.73. The number of rotatable bonds is 3. The van der Waals surface area contributed by atoms with Crippen LogP contribution >= 0.6 is 0 Å². The third-order valence-electron chi connectivity index (χ3n) is 2.33. The van der Waals surface area contributed by atoms with E-state index in [4.69, 9.17) is 0 Å². The van der Waals surface area contributed by atoms with Gasteiger partial charge in [0.05, 0.1) is 0 Å². The molecule has 0 aromatic rings. The quantitative estimate of drug-likeness (QED) is 0.667. The fraction of sp³-hybridized carbons (Fsp3) is 0.417. The van der Waals surface area contributed by atoms with Crippen molar-refractivity contribution < 1.29 is 0 Å². The van der Waals surface area contributed by atoms with E-state index >= 15 is 0 Å². The third-order valence-corrected chi connectivity index (χ3v) is 2.33. The maximum absolute atomic E-state index is 4.08. The summed E-state index contributed by atoms with van der Waals surface area (Å²) in [6.07, 6.45) is 12.1. The first kappa shape index (κ1) is 10.8. The summed E-state index contributed by atoms with van der Waals surface area (Å²) in [5.74, 6) is 0. The van der Waals surface area contributed by atoms with E-state index in [0.29, 0.717) is 0 Å². The molecule has 0 bridgehead atoms. The van der Waals surface area contributed by atoms with Crippen LogP contribution in [0.2, 0.25) is 0 Å². The van der Waals surface area contributed by atoms with E-state index in [1.807, 2.05) is 12.4 Å². The standard InChI is InChI=1S/C12H18N2/c1-4-6-11(2)14(3)12-7-5-9-13-10-8-12/h5-6,8-10H,4,7H2,1-3H3/b11-6+. The molecule has 1 rings (SSSR count). The van der Waals surface area contributed by atoms with Gasteiger partial charge in [-0.05, 0) is 19.4 Å². The van der Waals surface area contributed by atoms with Gasteiger partial charge < -0.3 is 4.90 Å². The smallest absolute Gasteiger partial charge is 0.0285 e. The van der Waals surface area contributed by atoms with Crippen molar-refractivity contribution in [3.8, 4) is 0 Å². The second-order valence-electron chi connectivity index (χ2n) is 3.36. The molecule has 0 spiro atoms. The highest BCUT2D eigenvalue weighted by atomic mass is 15.1. The summed E-state index contributed by atoms with van der Waals surface area (Å²) in [5.41, 5.74) is 2.58. The van der Waals surface area contributed by atoms with Crippen molar-refractivity contribution >= 4 is 6.21 Å². The average molecular weight is 190 g/mol. The Morgan fingerprint density at radius 2 is 2.43 bits per heavy atom. The Labute approximate surface area is 86.3 Å². The van der Waals surface area contributed by atoms with Crippen LogP contribution in [0.1, 0.15) is 26.7 Å². The van der Waals surface area contributed by atoms with Crippen LogP contribution in [-0.4, -0.2) is 18.2 Å². The summed E-state index contributed by atoms with van der Waals surface area (Å²) in [5, 5.41) is 0. The Morgan fingerprint density at radius 3 is 3.14 bits per heavy atom. The molecule has 0 aromatic carbocycles. The van der Waals surface area contributed by atoms with Crippen molar-refractivity contribution in [2.45, 2.75) is 26.7 Å². The highest BCUT2D eigenvalue weighted by Gasteiger charge is 2.04. The lowest BCUT2D eigenvalue weighted by Gasteiger charge is -2.22. The molecule has 1 aliphatic rings. The molecule has 2 nitrogen and oxygen atoms in total. The molecule has 1 heterocycles. The second kappa shape index (κ2) is 5.43. The molecule has 14 heavy (non-hydrogen) atoms. The minimum atomic E-state index is 0.950. The van der Waals surface area contributed by atoms with E-state index in [0.717, 1.165) is 12.8 Å². The van der Waals surface area contributed by atoms with Gasteiger partial charge in [0.25, 0.3) is 0 Å². The van der Waals surface area contributed by atoms with Gasteiger partial charge in [0.15, 0.2) is 0 Å². The lowest BCUT2D eigenvalue weighted by molar-refractivity contribution is 0.508. The Kier molecular flexibility index (Phi) is 4.17. The van der Waals surface area contributed by atoms with Crippen molar-refractivity contribution in [2.75, 3.05) is 7.05 Å². The molecule has 0 N–H and O–H groups in total. The first-order valence-corrected chi connectivity index (χ1v) is 5.03. The zero-order valence-electron chi connectivity index (χ0n) is 9.20. The average Bonchev–Trinajstić information content (AvgIpc) is 2.45. The summed E-state index contributed by atoms with van der Waals surface area (Å²) in [6.45, 7) is 4.29. The molecule has 0 fully saturated rings. The van der Waals surface area contributed by atoms with E-state index in [1.165, 1.54) is 11.4 Å². The molecule has 0 radical (unpaired) electrons. The van der Waals surface area contributed by atoms with E-state index < -0.39 is 0 Å². The van der Waals surface area contributed by atoms with Crippen LogP contribution in [0.5, 0.6) is 0 Å². The van der Waals surface area contributed by atoms with Crippen LogP contribution in [0.25, 0.3) is 0 Å². The van der Waals surface area contributed by atoms with Gasteiger partial charge in [-0.25, -0.2) is 0 Å². The van der Waals surface area contributed by atoms with Crippen LogP contribution in [0.3, 0.4) is 0 Å². The van der Waals surface area contributed by atoms with E-state index in [2.05, 4.69) is 49.0 Å². The molecule has 0 aliphatic carbocycles. The number of hydrogen-bond donors (Lipinski definition) is 0. The molecule has 76 valence electrons. The molecule has 0 atom stereocenters. The molecule has 0 amide bonds. The number of hydrogen-bond acceptors (Lipinski definition) is 2. The minimum absolute atomic E-state index is 0.950. The van der Waals surface area contributed by atoms with Gasteiger partial charge in [0.1, 0.15) is 0 Å². The van der Waals surface area contributed by atoms with Gasteiger partial charge in [-0.2, -0.15) is 0 Å². The SMILES string of the molecule is CC/C=C(\C)N(C)C1=CC=NC=CC1. The summed E-state index contributed by atoms with van der Waals surface area (Å²) in [4.78, 5) is 6.29. The normalized spacial score (nSPS) is 16.5. The fourth-order valence-corrected chi connectivity index (χ4v) is 1.39. The zero-order valence-corrected chi connectivity index (χ0v) is 9.20. The van der Waals surface area contributed by atoms with Gasteiger partial charge in [-0.1, -0.05) is 19.1 Å². The van der Waals surface area contributed by atoms with Gasteiger partial charge in [-0.3, -0.25) is 4.99 Å². The highest BCUT2D eigenvalue weighted by Crippen LogP contribution is 2.15. The minimum Gasteiger partial charge on any atom is -0.352 e. The molecular weight excluding hydrogens is 172 g/mol. The largest absolute Gasteiger partial charge is 0.352 e. The Morgan fingerprint density at radius 1 is 1.64 bits per heavy atom. The molecule has 0 aromatic heterocycles. The number of nitrogens with zero attached hydrogens (tertiary/aromatic N) is 2. The molecule has 0 saturated heterocycles. The highest BCUT2D eigenvalue weighted by molar-refractivity contribution is 5.73. The lowest BCUT2D eigenvalue weighted by atomic mass is 10.2. The molecule has 0 unspecified atom stereocenters. The van der Waals surface area contributed by atoms with Gasteiger partial charge in [0, 0.05) is 37.3 Å². The van der Waals surface area contributed by atoms with Crippen molar-refractivity contribution in [2.24, 2.45) is 4.99 Å². The van der Waals surface area contributed by atoms with Crippen LogP contribution in [0.15, 0.2) is 40.8 Å². The monoisotopic (exact) mass is 190 g/mol. The lowest BCUT2D eigenvalue weighted by Crippen LogP contribution is -2.15. The number of aliphatic imine (C=N–C) groups is 1. The Bertz CT molecular complexity index is 295. The van der Waals surface area contributed by atoms with Gasteiger partial charge in [0.2, 0.25) is 0 Å². The van der Waals surface area contributed by atoms with Crippen molar-refractivity contribution in [1.29, 1.82) is 0 Å². The van der Waals surface area contributed by atoms with Gasteiger partial charge in [-0.15, -0.1) is 0 Å². The molecular formula is C12H18N2. The fourth-order valence-electron chi connectivity index (χ4n) is 1.39. The summed E-state index contributed by atoms with van der Waals surface area (Å²) in [6, 6.07) is 0. The first-order valence-electron chi connectivity index (χ1n) is 5.03. The van der Waals surface area contributed by atoms with Crippen molar-refractivity contribution in [1.82, 2.24) is 4.90 Å². The van der Waals surface area contributed by atoms with Crippen LogP contribution in [-0.2, 0) is 0 Å². The maximum atomic E-state index is 4.08. The van der Waals surface area contributed by atoms with E-state index in [-0.39, 0.29) is 0 Å². The predicted molar refractivity (Wildman–Crippen MR) is 62.1 cm³/mol. The molecule has 2 heteroatoms. The second-order valence-corrected chi connectivity index (χ2v) is 3.36. The number of allylic oxidation sites excluding steroid dienone is 4. The summed E-state index contributed by atoms with van der Waals surface area (Å²) < 4.78 is 0. The van der Waals surface area contributed by atoms with Crippen LogP contribution < -0.4 is 0 Å². The Hall–Kier alpha value is -1.31. The van der Waals surface area contributed by atoms with Gasteiger partial charge >= 0.3 is 0 Å². The summed E-state index contributed by atoms with van der Waals surface area (Å²) in [7, 11) is 2.10. The van der Waals surface area contributed by atoms with Crippen molar-refractivity contribution in [3.05, 3.63) is 35.8 Å². The third kappa shape index (κ3) is 2.87. The molecule has 1 aliphatic heterocycles.